The quantitative estimate of drug-likeness (QED) is 0.514. The van der Waals surface area contributed by atoms with Crippen molar-refractivity contribution in [3.05, 3.63) is 35.9 Å². The van der Waals surface area contributed by atoms with E-state index in [1.807, 2.05) is 37.3 Å². The highest BCUT2D eigenvalue weighted by atomic mass is 32.2. The minimum absolute atomic E-state index is 0.134. The van der Waals surface area contributed by atoms with Gasteiger partial charge in [-0.1, -0.05) is 30.3 Å². The van der Waals surface area contributed by atoms with E-state index in [9.17, 15) is 13.2 Å². The third-order valence-corrected chi connectivity index (χ3v) is 3.56. The Morgan fingerprint density at radius 3 is 2.45 bits per heavy atom. The van der Waals surface area contributed by atoms with Gasteiger partial charge in [-0.2, -0.15) is 8.42 Å². The van der Waals surface area contributed by atoms with Crippen LogP contribution in [0.4, 0.5) is 4.79 Å². The largest absolute Gasteiger partial charge is 0.445 e. The minimum atomic E-state index is -3.39. The van der Waals surface area contributed by atoms with Gasteiger partial charge in [0.25, 0.3) is 10.1 Å². The lowest BCUT2D eigenvalue weighted by atomic mass is 10.2. The fourth-order valence-corrected chi connectivity index (χ4v) is 2.22. The number of rotatable bonds is 9. The van der Waals surface area contributed by atoms with E-state index in [0.29, 0.717) is 25.9 Å². The Bertz CT molecular complexity index is 544. The van der Waals surface area contributed by atoms with Crippen molar-refractivity contribution in [1.82, 2.24) is 4.90 Å². The van der Waals surface area contributed by atoms with Crippen LogP contribution in [-0.2, 0) is 25.6 Å². The first-order chi connectivity index (χ1) is 10.4. The molecule has 0 atom stereocenters. The van der Waals surface area contributed by atoms with Gasteiger partial charge in [-0.25, -0.2) is 4.79 Å². The van der Waals surface area contributed by atoms with Gasteiger partial charge in [0.2, 0.25) is 0 Å². The molecule has 22 heavy (non-hydrogen) atoms. The topological polar surface area (TPSA) is 72.9 Å². The minimum Gasteiger partial charge on any atom is -0.445 e. The number of ether oxygens (including phenoxy) is 1. The van der Waals surface area contributed by atoms with Crippen molar-refractivity contribution >= 4 is 16.2 Å². The van der Waals surface area contributed by atoms with Crippen molar-refractivity contribution < 1.29 is 22.1 Å². The van der Waals surface area contributed by atoms with Crippen molar-refractivity contribution in [2.24, 2.45) is 0 Å². The molecule has 0 spiro atoms. The molecule has 1 aromatic rings. The standard InChI is InChI=1S/C15H23NO5S/c1-3-16(11-7-8-12-21-22(2,18)19)15(17)20-13-14-9-5-4-6-10-14/h4-6,9-10H,3,7-8,11-13H2,1-2H3. The molecule has 124 valence electrons. The van der Waals surface area contributed by atoms with Crippen molar-refractivity contribution in [2.45, 2.75) is 26.4 Å². The monoisotopic (exact) mass is 329 g/mol. The summed E-state index contributed by atoms with van der Waals surface area (Å²) in [5.74, 6) is 0. The number of unbranched alkanes of at least 4 members (excludes halogenated alkanes) is 1. The second kappa shape index (κ2) is 9.42. The molecular formula is C15H23NO5S. The highest BCUT2D eigenvalue weighted by Gasteiger charge is 2.12. The molecule has 7 heteroatoms. The number of amides is 1. The first-order valence-corrected chi connectivity index (χ1v) is 9.04. The molecule has 0 heterocycles. The molecule has 0 aromatic heterocycles. The highest BCUT2D eigenvalue weighted by molar-refractivity contribution is 7.85. The van der Waals surface area contributed by atoms with Gasteiger partial charge in [0, 0.05) is 13.1 Å². The van der Waals surface area contributed by atoms with Crippen LogP contribution in [0.1, 0.15) is 25.3 Å². The van der Waals surface area contributed by atoms with Crippen LogP contribution in [0.15, 0.2) is 30.3 Å². The lowest BCUT2D eigenvalue weighted by molar-refractivity contribution is 0.0969. The van der Waals surface area contributed by atoms with Gasteiger partial charge in [-0.3, -0.25) is 4.18 Å². The molecule has 1 amide bonds. The summed E-state index contributed by atoms with van der Waals surface area (Å²) in [6.07, 6.45) is 1.88. The van der Waals surface area contributed by atoms with Gasteiger partial charge in [-0.15, -0.1) is 0 Å². The summed E-state index contributed by atoms with van der Waals surface area (Å²) in [5.41, 5.74) is 0.938. The summed E-state index contributed by atoms with van der Waals surface area (Å²) in [6.45, 7) is 3.30. The Morgan fingerprint density at radius 2 is 1.86 bits per heavy atom. The molecule has 6 nitrogen and oxygen atoms in total. The van der Waals surface area contributed by atoms with Crippen molar-refractivity contribution in [3.8, 4) is 0 Å². The molecule has 0 aliphatic rings. The number of hydrogen-bond donors (Lipinski definition) is 0. The van der Waals surface area contributed by atoms with Crippen molar-refractivity contribution in [1.29, 1.82) is 0 Å². The first kappa shape index (κ1) is 18.4. The third kappa shape index (κ3) is 7.99. The number of hydrogen-bond acceptors (Lipinski definition) is 5. The molecule has 0 fully saturated rings. The van der Waals surface area contributed by atoms with Crippen LogP contribution in [0.2, 0.25) is 0 Å². The Hall–Kier alpha value is -1.60. The average Bonchev–Trinajstić information content (AvgIpc) is 2.48. The lowest BCUT2D eigenvalue weighted by Gasteiger charge is -2.20. The second-order valence-electron chi connectivity index (χ2n) is 4.85. The predicted molar refractivity (Wildman–Crippen MR) is 83.9 cm³/mol. The highest BCUT2D eigenvalue weighted by Crippen LogP contribution is 2.05. The van der Waals surface area contributed by atoms with E-state index >= 15 is 0 Å². The second-order valence-corrected chi connectivity index (χ2v) is 6.50. The summed E-state index contributed by atoms with van der Waals surface area (Å²) in [5, 5.41) is 0. The van der Waals surface area contributed by atoms with E-state index in [0.717, 1.165) is 11.8 Å². The number of nitrogens with zero attached hydrogens (tertiary/aromatic N) is 1. The molecule has 0 aliphatic heterocycles. The van der Waals surface area contributed by atoms with Gasteiger partial charge in [-0.05, 0) is 25.3 Å². The summed E-state index contributed by atoms with van der Waals surface area (Å²) >= 11 is 0. The van der Waals surface area contributed by atoms with E-state index in [2.05, 4.69) is 4.18 Å². The van der Waals surface area contributed by atoms with E-state index in [1.165, 1.54) is 0 Å². The molecule has 1 aromatic carbocycles. The van der Waals surface area contributed by atoms with Crippen LogP contribution in [0.25, 0.3) is 0 Å². The van der Waals surface area contributed by atoms with E-state index < -0.39 is 10.1 Å². The van der Waals surface area contributed by atoms with Gasteiger partial charge in [0.05, 0.1) is 12.9 Å². The zero-order valence-electron chi connectivity index (χ0n) is 13.0. The van der Waals surface area contributed by atoms with Crippen LogP contribution in [-0.4, -0.2) is 45.4 Å². The maximum atomic E-state index is 11.9. The van der Waals surface area contributed by atoms with Gasteiger partial charge >= 0.3 is 6.09 Å². The Kier molecular flexibility index (Phi) is 7.90. The number of carbonyl (C=O) groups is 1. The van der Waals surface area contributed by atoms with Crippen LogP contribution >= 0.6 is 0 Å². The van der Waals surface area contributed by atoms with E-state index in [4.69, 9.17) is 4.74 Å². The van der Waals surface area contributed by atoms with Gasteiger partial charge in [0.15, 0.2) is 0 Å². The molecule has 0 unspecified atom stereocenters. The van der Waals surface area contributed by atoms with Crippen molar-refractivity contribution in [3.63, 3.8) is 0 Å². The molecule has 0 saturated carbocycles. The zero-order valence-corrected chi connectivity index (χ0v) is 13.8. The van der Waals surface area contributed by atoms with E-state index in [1.54, 1.807) is 4.90 Å². The van der Waals surface area contributed by atoms with Crippen LogP contribution in [0, 0.1) is 0 Å². The summed E-state index contributed by atoms with van der Waals surface area (Å²) in [7, 11) is -3.39. The fourth-order valence-electron chi connectivity index (χ4n) is 1.80. The van der Waals surface area contributed by atoms with Gasteiger partial charge < -0.3 is 9.64 Å². The molecule has 0 aliphatic carbocycles. The number of carbonyl (C=O) groups excluding carboxylic acids is 1. The molecule has 0 N–H and O–H groups in total. The molecule has 0 saturated heterocycles. The summed E-state index contributed by atoms with van der Waals surface area (Å²) < 4.78 is 31.5. The fraction of sp³-hybridized carbons (Fsp3) is 0.533. The first-order valence-electron chi connectivity index (χ1n) is 7.22. The van der Waals surface area contributed by atoms with Crippen molar-refractivity contribution in [2.75, 3.05) is 26.0 Å². The van der Waals surface area contributed by atoms with E-state index in [-0.39, 0.29) is 19.3 Å². The normalized spacial score (nSPS) is 11.2. The van der Waals surface area contributed by atoms with Crippen LogP contribution in [0.3, 0.4) is 0 Å². The molecule has 0 bridgehead atoms. The van der Waals surface area contributed by atoms with Gasteiger partial charge in [0.1, 0.15) is 6.61 Å². The maximum Gasteiger partial charge on any atom is 0.410 e. The Labute approximate surface area is 132 Å². The molecule has 0 radical (unpaired) electrons. The predicted octanol–water partition coefficient (Wildman–Crippen LogP) is 2.40. The molecular weight excluding hydrogens is 306 g/mol. The zero-order chi connectivity index (χ0) is 16.4. The number of benzene rings is 1. The average molecular weight is 329 g/mol. The lowest BCUT2D eigenvalue weighted by Crippen LogP contribution is -2.32. The summed E-state index contributed by atoms with van der Waals surface area (Å²) in [6, 6.07) is 9.48. The van der Waals surface area contributed by atoms with Crippen LogP contribution in [0.5, 0.6) is 0 Å². The third-order valence-electron chi connectivity index (χ3n) is 2.96. The smallest absolute Gasteiger partial charge is 0.410 e. The summed E-state index contributed by atoms with van der Waals surface area (Å²) in [4.78, 5) is 13.5. The SMILES string of the molecule is CCN(CCCCOS(C)(=O)=O)C(=O)OCc1ccccc1. The molecule has 1 rings (SSSR count). The maximum absolute atomic E-state index is 11.9. The Balaban J connectivity index is 2.26. The Morgan fingerprint density at radius 1 is 1.18 bits per heavy atom. The van der Waals surface area contributed by atoms with Crippen LogP contribution < -0.4 is 0 Å².